The van der Waals surface area contributed by atoms with Gasteiger partial charge in [-0.2, -0.15) is 0 Å². The van der Waals surface area contributed by atoms with Crippen molar-refractivity contribution < 1.29 is 19.0 Å². The van der Waals surface area contributed by atoms with Crippen molar-refractivity contribution in [2.45, 2.75) is 26.7 Å². The van der Waals surface area contributed by atoms with E-state index in [-0.39, 0.29) is 6.61 Å². The first-order chi connectivity index (χ1) is 11.2. The Morgan fingerprint density at radius 2 is 1.39 bits per heavy atom. The van der Waals surface area contributed by atoms with Gasteiger partial charge < -0.3 is 14.2 Å². The van der Waals surface area contributed by atoms with Crippen LogP contribution in [0.3, 0.4) is 0 Å². The lowest BCUT2D eigenvalue weighted by Crippen LogP contribution is -2.17. The number of aryl methyl sites for hydroxylation is 1. The van der Waals surface area contributed by atoms with Crippen LogP contribution in [0.2, 0.25) is 0 Å². The lowest BCUT2D eigenvalue weighted by Gasteiger charge is -2.08. The molecule has 0 bridgehead atoms. The molecule has 2 aromatic carbocycles. The summed E-state index contributed by atoms with van der Waals surface area (Å²) in [4.78, 5) is 11.8. The first-order valence-electron chi connectivity index (χ1n) is 7.86. The van der Waals surface area contributed by atoms with E-state index in [4.69, 9.17) is 14.2 Å². The van der Waals surface area contributed by atoms with E-state index in [9.17, 15) is 4.79 Å². The Morgan fingerprint density at radius 3 is 1.96 bits per heavy atom. The fourth-order valence-electron chi connectivity index (χ4n) is 2.11. The predicted molar refractivity (Wildman–Crippen MR) is 89.2 cm³/mol. The van der Waals surface area contributed by atoms with Crippen LogP contribution >= 0.6 is 0 Å². The highest BCUT2D eigenvalue weighted by Gasteiger charge is 2.06. The Hall–Kier alpha value is -2.49. The number of rotatable bonds is 8. The monoisotopic (exact) mass is 314 g/mol. The van der Waals surface area contributed by atoms with E-state index in [0.717, 1.165) is 18.6 Å². The summed E-state index contributed by atoms with van der Waals surface area (Å²) in [6, 6.07) is 14.7. The molecule has 0 aliphatic heterocycles. The molecule has 0 amide bonds. The molecule has 0 fully saturated rings. The Bertz CT molecular complexity index is 602. The minimum Gasteiger partial charge on any atom is -0.494 e. The number of carbonyl (C=O) groups excluding carboxylic acids is 1. The van der Waals surface area contributed by atoms with Crippen LogP contribution < -0.4 is 14.2 Å². The summed E-state index contributed by atoms with van der Waals surface area (Å²) >= 11 is 0. The van der Waals surface area contributed by atoms with Crippen molar-refractivity contribution in [1.29, 1.82) is 0 Å². The zero-order chi connectivity index (χ0) is 16.5. The smallest absolute Gasteiger partial charge is 0.349 e. The van der Waals surface area contributed by atoms with Crippen molar-refractivity contribution in [2.75, 3.05) is 13.2 Å². The first-order valence-corrected chi connectivity index (χ1v) is 7.86. The highest BCUT2D eigenvalue weighted by atomic mass is 16.6. The minimum atomic E-state index is -0.429. The topological polar surface area (TPSA) is 44.8 Å². The maximum atomic E-state index is 11.8. The molecule has 2 rings (SSSR count). The predicted octanol–water partition coefficient (Wildman–Crippen LogP) is 4.02. The molecule has 2 aromatic rings. The Morgan fingerprint density at radius 1 is 0.826 bits per heavy atom. The number of hydrogen-bond donors (Lipinski definition) is 0. The zero-order valence-corrected chi connectivity index (χ0v) is 13.6. The fraction of sp³-hybridized carbons (Fsp3) is 0.316. The standard InChI is InChI=1S/C19H22O4/c1-3-5-15-6-8-18(9-7-15)23-19(20)14-22-17-12-10-16(11-13-17)21-4-2/h6-13H,3-5,14H2,1-2H3. The van der Waals surface area contributed by atoms with Crippen LogP contribution in [0.15, 0.2) is 48.5 Å². The van der Waals surface area contributed by atoms with Gasteiger partial charge >= 0.3 is 5.97 Å². The number of benzene rings is 2. The average molecular weight is 314 g/mol. The van der Waals surface area contributed by atoms with Crippen LogP contribution in [0.1, 0.15) is 25.8 Å². The SMILES string of the molecule is CCCc1ccc(OC(=O)COc2ccc(OCC)cc2)cc1. The van der Waals surface area contributed by atoms with Gasteiger partial charge in [-0.05, 0) is 55.3 Å². The largest absolute Gasteiger partial charge is 0.494 e. The zero-order valence-electron chi connectivity index (χ0n) is 13.6. The molecule has 0 N–H and O–H groups in total. The Balaban J connectivity index is 1.80. The fourth-order valence-corrected chi connectivity index (χ4v) is 2.11. The molecule has 0 heterocycles. The maximum absolute atomic E-state index is 11.8. The van der Waals surface area contributed by atoms with Crippen LogP contribution in [0.5, 0.6) is 17.2 Å². The summed E-state index contributed by atoms with van der Waals surface area (Å²) in [6.45, 7) is 4.54. The number of carbonyl (C=O) groups is 1. The van der Waals surface area contributed by atoms with Crippen molar-refractivity contribution >= 4 is 5.97 Å². The Kier molecular flexibility index (Phi) is 6.48. The van der Waals surface area contributed by atoms with Crippen LogP contribution in [-0.2, 0) is 11.2 Å². The van der Waals surface area contributed by atoms with E-state index in [1.807, 2.05) is 19.1 Å². The number of hydrogen-bond acceptors (Lipinski definition) is 4. The molecule has 4 nitrogen and oxygen atoms in total. The van der Waals surface area contributed by atoms with Gasteiger partial charge in [-0.1, -0.05) is 25.5 Å². The van der Waals surface area contributed by atoms with Gasteiger partial charge in [0.2, 0.25) is 0 Å². The van der Waals surface area contributed by atoms with Gasteiger partial charge in [-0.25, -0.2) is 4.79 Å². The molecule has 0 aliphatic carbocycles. The van der Waals surface area contributed by atoms with E-state index < -0.39 is 5.97 Å². The van der Waals surface area contributed by atoms with Crippen molar-refractivity contribution in [1.82, 2.24) is 0 Å². The minimum absolute atomic E-state index is 0.134. The van der Waals surface area contributed by atoms with E-state index >= 15 is 0 Å². The van der Waals surface area contributed by atoms with E-state index in [1.165, 1.54) is 5.56 Å². The van der Waals surface area contributed by atoms with Gasteiger partial charge in [0.1, 0.15) is 17.2 Å². The number of esters is 1. The third kappa shape index (κ3) is 5.66. The molecule has 0 saturated heterocycles. The molecule has 23 heavy (non-hydrogen) atoms. The second-order valence-corrected chi connectivity index (χ2v) is 5.06. The Labute approximate surface area is 137 Å². The van der Waals surface area contributed by atoms with Gasteiger partial charge in [0.15, 0.2) is 6.61 Å². The van der Waals surface area contributed by atoms with Crippen LogP contribution in [0.4, 0.5) is 0 Å². The van der Waals surface area contributed by atoms with Crippen LogP contribution in [0.25, 0.3) is 0 Å². The quantitative estimate of drug-likeness (QED) is 0.545. The lowest BCUT2D eigenvalue weighted by molar-refractivity contribution is -0.136. The average Bonchev–Trinajstić information content (AvgIpc) is 2.57. The highest BCUT2D eigenvalue weighted by Crippen LogP contribution is 2.18. The van der Waals surface area contributed by atoms with Gasteiger partial charge in [-0.15, -0.1) is 0 Å². The first kappa shape index (κ1) is 16.9. The molecule has 0 unspecified atom stereocenters. The molecule has 122 valence electrons. The lowest BCUT2D eigenvalue weighted by atomic mass is 10.1. The molecule has 0 atom stereocenters. The maximum Gasteiger partial charge on any atom is 0.349 e. The third-order valence-corrected chi connectivity index (χ3v) is 3.19. The third-order valence-electron chi connectivity index (χ3n) is 3.19. The molecule has 0 aliphatic rings. The summed E-state index contributed by atoms with van der Waals surface area (Å²) in [5.41, 5.74) is 1.23. The highest BCUT2D eigenvalue weighted by molar-refractivity contribution is 5.73. The molecule has 4 heteroatoms. The summed E-state index contributed by atoms with van der Waals surface area (Å²) < 4.78 is 16.0. The van der Waals surface area contributed by atoms with Gasteiger partial charge in [0.05, 0.1) is 6.61 Å². The van der Waals surface area contributed by atoms with Gasteiger partial charge in [0, 0.05) is 0 Å². The summed E-state index contributed by atoms with van der Waals surface area (Å²) in [7, 11) is 0. The molecule has 0 saturated carbocycles. The summed E-state index contributed by atoms with van der Waals surface area (Å²) in [5.74, 6) is 1.48. The van der Waals surface area contributed by atoms with Gasteiger partial charge in [0.25, 0.3) is 0 Å². The van der Waals surface area contributed by atoms with Crippen LogP contribution in [-0.4, -0.2) is 19.2 Å². The number of ether oxygens (including phenoxy) is 3. The summed E-state index contributed by atoms with van der Waals surface area (Å²) in [5, 5.41) is 0. The van der Waals surface area contributed by atoms with E-state index in [1.54, 1.807) is 36.4 Å². The van der Waals surface area contributed by atoms with E-state index in [0.29, 0.717) is 18.1 Å². The van der Waals surface area contributed by atoms with E-state index in [2.05, 4.69) is 6.92 Å². The molecular weight excluding hydrogens is 292 g/mol. The molecule has 0 radical (unpaired) electrons. The van der Waals surface area contributed by atoms with Crippen molar-refractivity contribution in [2.24, 2.45) is 0 Å². The summed E-state index contributed by atoms with van der Waals surface area (Å²) in [6.07, 6.45) is 2.12. The second kappa shape index (κ2) is 8.83. The normalized spacial score (nSPS) is 10.2. The van der Waals surface area contributed by atoms with Crippen LogP contribution in [0, 0.1) is 0 Å². The van der Waals surface area contributed by atoms with Gasteiger partial charge in [-0.3, -0.25) is 0 Å². The second-order valence-electron chi connectivity index (χ2n) is 5.06. The van der Waals surface area contributed by atoms with Crippen molar-refractivity contribution in [3.8, 4) is 17.2 Å². The van der Waals surface area contributed by atoms with Crippen molar-refractivity contribution in [3.05, 3.63) is 54.1 Å². The van der Waals surface area contributed by atoms with Crippen molar-refractivity contribution in [3.63, 3.8) is 0 Å². The molecule has 0 aromatic heterocycles. The molecular formula is C19H22O4. The molecule has 0 spiro atoms.